The largest absolute Gasteiger partial charge is 0.494 e. The first-order valence-electron chi connectivity index (χ1n) is 44.5. The first-order valence-corrected chi connectivity index (χ1v) is 47.9. The predicted octanol–water partition coefficient (Wildman–Crippen LogP) is 30.8. The van der Waals surface area contributed by atoms with Crippen LogP contribution in [0.1, 0.15) is 48.4 Å². The molecule has 5 aromatic heterocycles. The number of nitrogen functional groups attached to an aromatic ring is 2. The first kappa shape index (κ1) is 94.3. The molecular weight excluding hydrogens is 1940 g/mol. The molecular formula is C115H82B2BrCl7N8O6. The van der Waals surface area contributed by atoms with Gasteiger partial charge in [0.1, 0.15) is 17.1 Å². The number of benzene rings is 19. The fourth-order valence-corrected chi connectivity index (χ4v) is 19.6. The molecule has 0 saturated carbocycles. The van der Waals surface area contributed by atoms with Crippen molar-refractivity contribution in [2.24, 2.45) is 0 Å². The van der Waals surface area contributed by atoms with E-state index in [1.807, 2.05) is 164 Å². The quantitative estimate of drug-likeness (QED) is 0.0333. The second-order valence-corrected chi connectivity index (χ2v) is 38.4. The highest BCUT2D eigenvalue weighted by Crippen LogP contribution is 2.44. The number of carbonyl (C=O) groups excluding carboxylic acids is 2. The molecule has 25 rings (SSSR count). The molecule has 7 N–H and O–H groups in total. The van der Waals surface area contributed by atoms with Gasteiger partial charge < -0.3 is 35.8 Å². The minimum absolute atomic E-state index is 0.257. The van der Waals surface area contributed by atoms with E-state index in [4.69, 9.17) is 127 Å². The average Bonchev–Trinajstić information content (AvgIpc) is 1.61. The number of H-pyrrole nitrogens is 1. The molecule has 0 atom stereocenters. The number of nitrogens with zero attached hydrogens (tertiary/aromatic N) is 5. The number of carbonyl (C=O) groups is 2. The van der Waals surface area contributed by atoms with Crippen molar-refractivity contribution in [3.05, 3.63) is 421 Å². The topological polar surface area (TPSA) is 208 Å². The third-order valence-corrected chi connectivity index (χ3v) is 27.8. The van der Waals surface area contributed by atoms with Crippen molar-refractivity contribution in [3.8, 4) is 33.6 Å². The van der Waals surface area contributed by atoms with Gasteiger partial charge in [-0.1, -0.05) is 303 Å². The normalized spacial score (nSPS) is 12.5. The van der Waals surface area contributed by atoms with Crippen molar-refractivity contribution < 1.29 is 28.9 Å². The Morgan fingerprint density at radius 2 is 0.712 bits per heavy atom. The highest BCUT2D eigenvalue weighted by Gasteiger charge is 2.52. The smallest absolute Gasteiger partial charge is 0.423 e. The second kappa shape index (κ2) is 40.0. The number of imidazole rings is 3. The van der Waals surface area contributed by atoms with Crippen LogP contribution in [0.3, 0.4) is 0 Å². The van der Waals surface area contributed by atoms with Crippen LogP contribution >= 0.6 is 97.1 Å². The van der Waals surface area contributed by atoms with Crippen LogP contribution in [0.5, 0.6) is 0 Å². The Balaban J connectivity index is 0.000000108. The maximum Gasteiger partial charge on any atom is 0.494 e. The van der Waals surface area contributed by atoms with Gasteiger partial charge in [0.2, 0.25) is 0 Å². The minimum atomic E-state index is -1.54. The van der Waals surface area contributed by atoms with Crippen LogP contribution in [-0.4, -0.2) is 76.8 Å². The van der Waals surface area contributed by atoms with E-state index < -0.39 is 14.2 Å². The molecule has 680 valence electrons. The fourth-order valence-electron chi connectivity index (χ4n) is 17.5. The van der Waals surface area contributed by atoms with E-state index in [0.717, 1.165) is 160 Å². The molecule has 0 amide bonds. The summed E-state index contributed by atoms with van der Waals surface area (Å²) in [6, 6.07) is 122. The van der Waals surface area contributed by atoms with E-state index in [9.17, 15) is 9.59 Å². The Morgan fingerprint density at radius 3 is 1.17 bits per heavy atom. The lowest BCUT2D eigenvalue weighted by atomic mass is 9.78. The van der Waals surface area contributed by atoms with Crippen molar-refractivity contribution in [3.63, 3.8) is 0 Å². The number of aldehydes is 2. The Labute approximate surface area is 843 Å². The molecule has 1 aliphatic heterocycles. The zero-order valence-corrected chi connectivity index (χ0v) is 81.8. The van der Waals surface area contributed by atoms with Gasteiger partial charge in [0, 0.05) is 94.5 Å². The highest BCUT2D eigenvalue weighted by molar-refractivity contribution is 9.10. The van der Waals surface area contributed by atoms with Crippen molar-refractivity contribution in [1.82, 2.24) is 28.7 Å². The Bertz CT molecular complexity index is 8900. The number of hydrogen-bond acceptors (Lipinski definition) is 11. The standard InChI is InChI=1S/C29H25BN2O2.C23H14Cl2N2.C23H13ClN2.C17H10Cl2O.C11H7BrO.C6H5BCl2O2.C6H8N2/c1-28(2)29(3,4)34-30(33-28)20-13-14-21-22-15-18-9-5-6-10-19(18)16-23(22)27-31-24-11-7-8-12-25(24)32(27)26(21)17-20;24-16-9-10-17(20(25)13-16)18-11-14-5-1-2-6-15(14)12-19(18)23-26-21-7-3-4-8-22(21)27-23;24-16-9-10-17-18-11-14-5-1-2-6-15(14)12-19(18)23-25-20-7-3-4-8-21(20)26(23)22(17)13-16;18-14-5-6-15(17(19)9-14)16-8-12-4-2-1-3-11(12)7-13(16)10-20;12-11-6-9-4-2-1-3-8(9)5-10(11)7-13;8-4-1-2-5(7(10)11)6(9)3-4;7-5-3-1-2-4-6(5)8/h5-17H,1-4H3;1-13H,(H,26,27);1-13H;1-10H;1-7H;1-3,10-11H;1-4H,7-8H2. The number of rotatable bonds is 7. The molecule has 1 aliphatic rings. The maximum atomic E-state index is 11.4. The number of aromatic amines is 1. The van der Waals surface area contributed by atoms with E-state index >= 15 is 0 Å². The van der Waals surface area contributed by atoms with E-state index in [-0.39, 0.29) is 21.7 Å². The summed E-state index contributed by atoms with van der Waals surface area (Å²) >= 11 is 45.7. The van der Waals surface area contributed by atoms with Crippen LogP contribution < -0.4 is 22.4 Å². The van der Waals surface area contributed by atoms with Gasteiger partial charge in [-0.3, -0.25) is 18.4 Å². The summed E-state index contributed by atoms with van der Waals surface area (Å²) in [4.78, 5) is 40.3. The monoisotopic (exact) mass is 2020 g/mol. The van der Waals surface area contributed by atoms with Crippen molar-refractivity contribution in [2.75, 3.05) is 11.5 Å². The van der Waals surface area contributed by atoms with Gasteiger partial charge in [0.25, 0.3) is 0 Å². The summed E-state index contributed by atoms with van der Waals surface area (Å²) in [6.07, 6.45) is 1.71. The van der Waals surface area contributed by atoms with E-state index in [1.165, 1.54) is 55.2 Å². The number of aromatic nitrogens is 6. The molecule has 14 nitrogen and oxygen atoms in total. The summed E-state index contributed by atoms with van der Waals surface area (Å²) in [5, 5.41) is 39.9. The third kappa shape index (κ3) is 19.4. The minimum Gasteiger partial charge on any atom is -0.423 e. The van der Waals surface area contributed by atoms with Crippen LogP contribution in [0.15, 0.2) is 375 Å². The molecule has 0 spiro atoms. The van der Waals surface area contributed by atoms with Crippen LogP contribution in [-0.2, 0) is 9.31 Å². The van der Waals surface area contributed by atoms with E-state index in [2.05, 4.69) is 215 Å². The number of nitrogens with one attached hydrogen (secondary N) is 1. The maximum absolute atomic E-state index is 11.4. The van der Waals surface area contributed by atoms with Gasteiger partial charge in [-0.25, -0.2) is 15.0 Å². The molecule has 0 aliphatic carbocycles. The van der Waals surface area contributed by atoms with Crippen LogP contribution in [0.2, 0.25) is 35.2 Å². The molecule has 6 heterocycles. The van der Waals surface area contributed by atoms with Crippen LogP contribution in [0.25, 0.3) is 175 Å². The van der Waals surface area contributed by atoms with E-state index in [1.54, 1.807) is 36.4 Å². The third-order valence-electron chi connectivity index (χ3n) is 25.2. The molecule has 0 unspecified atom stereocenters. The summed E-state index contributed by atoms with van der Waals surface area (Å²) in [5.74, 6) is 0.822. The molecule has 0 radical (unpaired) electrons. The van der Waals surface area contributed by atoms with Gasteiger partial charge in [-0.05, 0) is 273 Å². The molecule has 139 heavy (non-hydrogen) atoms. The molecule has 0 bridgehead atoms. The fraction of sp³-hybridized carbons (Fsp3) is 0.0522. The van der Waals surface area contributed by atoms with Gasteiger partial charge >= 0.3 is 14.2 Å². The second-order valence-electron chi connectivity index (χ2n) is 34.5. The van der Waals surface area contributed by atoms with Crippen molar-refractivity contribution in [2.45, 2.75) is 38.9 Å². The highest BCUT2D eigenvalue weighted by atomic mass is 79.9. The Hall–Kier alpha value is -13.7. The summed E-state index contributed by atoms with van der Waals surface area (Å²) < 4.78 is 18.1. The predicted molar refractivity (Wildman–Crippen MR) is 589 cm³/mol. The lowest BCUT2D eigenvalue weighted by Crippen LogP contribution is -2.41. The molecule has 19 aromatic carbocycles. The van der Waals surface area contributed by atoms with Gasteiger partial charge in [-0.2, -0.15) is 0 Å². The number of nitrogens with two attached hydrogens (primary N) is 2. The van der Waals surface area contributed by atoms with Gasteiger partial charge in [0.15, 0.2) is 12.6 Å². The van der Waals surface area contributed by atoms with Crippen molar-refractivity contribution >= 4 is 288 Å². The van der Waals surface area contributed by atoms with Gasteiger partial charge in [-0.15, -0.1) is 0 Å². The number of fused-ring (bicyclic) bond motifs is 22. The lowest BCUT2D eigenvalue weighted by Gasteiger charge is -2.32. The van der Waals surface area contributed by atoms with E-state index in [0.29, 0.717) is 47.6 Å². The summed E-state index contributed by atoms with van der Waals surface area (Å²) in [7, 11) is -1.95. The van der Waals surface area contributed by atoms with Gasteiger partial charge in [0.05, 0.1) is 66.7 Å². The Morgan fingerprint density at radius 1 is 0.345 bits per heavy atom. The molecule has 24 aromatic rings. The lowest BCUT2D eigenvalue weighted by molar-refractivity contribution is 0.00578. The van der Waals surface area contributed by atoms with Crippen LogP contribution in [0.4, 0.5) is 11.4 Å². The molecule has 1 fully saturated rings. The first-order chi connectivity index (χ1) is 67.2. The number of anilines is 2. The van der Waals surface area contributed by atoms with Crippen molar-refractivity contribution in [1.29, 1.82) is 0 Å². The zero-order chi connectivity index (χ0) is 96.7. The number of hydrogen-bond donors (Lipinski definition) is 5. The number of pyridine rings is 2. The summed E-state index contributed by atoms with van der Waals surface area (Å²) in [6.45, 7) is 8.37. The number of halogens is 8. The average molecular weight is 2020 g/mol. The number of para-hydroxylation sites is 8. The SMILES string of the molecule is CC1(C)OB(c2ccc3c4cc5ccccc5cc4c4nc5ccccc5n4c3c2)OC1(C)C.Clc1ccc(-c2cc3ccccc3cc2-c2nc3ccccc3[nH]2)c(Cl)c1.Clc1ccc2c3cc4ccccc4cc3c3nc4ccccc4n3c2c1.Nc1ccccc1N.O=Cc1cc2ccccc2cc1-c1ccc(Cl)cc1Cl.O=Cc1cc2ccccc2cc1Br.OB(O)c1ccc(Cl)cc1Cl. The zero-order valence-electron chi connectivity index (χ0n) is 75.0. The van der Waals surface area contributed by atoms with Crippen LogP contribution in [0, 0.1) is 0 Å². The Kier molecular flexibility index (Phi) is 27.2. The summed E-state index contributed by atoms with van der Waals surface area (Å²) in [5.41, 5.74) is 28.8. The molecule has 24 heteroatoms. The molecule has 1 saturated heterocycles.